The molecule has 0 atom stereocenters. The molecule has 0 unspecified atom stereocenters. The average molecular weight is 290 g/mol. The molecule has 0 saturated heterocycles. The van der Waals surface area contributed by atoms with Gasteiger partial charge < -0.3 is 15.9 Å². The predicted molar refractivity (Wildman–Crippen MR) is 73.1 cm³/mol. The van der Waals surface area contributed by atoms with Crippen molar-refractivity contribution >= 4 is 29.4 Å². The molecule has 102 valence electrons. The molecule has 7 heteroatoms. The van der Waals surface area contributed by atoms with Crippen molar-refractivity contribution in [1.82, 2.24) is 4.98 Å². The number of hydrogen-bond donors (Lipinski definition) is 3. The van der Waals surface area contributed by atoms with Gasteiger partial charge in [-0.3, -0.25) is 0 Å². The first kappa shape index (κ1) is 13.9. The van der Waals surface area contributed by atoms with Crippen LogP contribution in [0.25, 0.3) is 0 Å². The number of nitrogens with two attached hydrogens (primary N) is 1. The lowest BCUT2D eigenvalue weighted by molar-refractivity contribution is 0.0680. The lowest BCUT2D eigenvalue weighted by Gasteiger charge is -2.08. The third-order valence-electron chi connectivity index (χ3n) is 2.45. The van der Waals surface area contributed by atoms with E-state index in [0.717, 1.165) is 11.8 Å². The second-order valence-electron chi connectivity index (χ2n) is 3.82. The van der Waals surface area contributed by atoms with E-state index >= 15 is 0 Å². The molecule has 0 spiro atoms. The van der Waals surface area contributed by atoms with Gasteiger partial charge in [-0.25, -0.2) is 14.6 Å². The largest absolute Gasteiger partial charge is 0.478 e. The van der Waals surface area contributed by atoms with E-state index in [1.165, 1.54) is 18.3 Å². The molecule has 0 bridgehead atoms. The van der Waals surface area contributed by atoms with Crippen LogP contribution in [0.5, 0.6) is 0 Å². The number of carboxylic acids is 2. The highest BCUT2D eigenvalue weighted by Gasteiger charge is 2.14. The van der Waals surface area contributed by atoms with E-state index in [-0.39, 0.29) is 16.9 Å². The minimum absolute atomic E-state index is 0.0702. The Kier molecular flexibility index (Phi) is 3.90. The van der Waals surface area contributed by atoms with Crippen molar-refractivity contribution in [3.8, 4) is 0 Å². The van der Waals surface area contributed by atoms with Gasteiger partial charge in [-0.2, -0.15) is 0 Å². The van der Waals surface area contributed by atoms with Crippen LogP contribution in [0.1, 0.15) is 20.8 Å². The zero-order valence-electron chi connectivity index (χ0n) is 10.1. The van der Waals surface area contributed by atoms with Crippen molar-refractivity contribution in [3.63, 3.8) is 0 Å². The summed E-state index contributed by atoms with van der Waals surface area (Å²) in [5.74, 6) is -2.20. The number of nitrogens with zero attached hydrogens (tertiary/aromatic N) is 1. The molecule has 0 saturated carbocycles. The van der Waals surface area contributed by atoms with Crippen LogP contribution in [-0.2, 0) is 0 Å². The minimum atomic E-state index is -1.13. The summed E-state index contributed by atoms with van der Waals surface area (Å²) in [6, 6.07) is 7.53. The molecule has 1 aromatic carbocycles. The fourth-order valence-corrected chi connectivity index (χ4v) is 2.46. The number of pyridine rings is 1. The number of anilines is 1. The maximum Gasteiger partial charge on any atom is 0.355 e. The molecular weight excluding hydrogens is 280 g/mol. The van der Waals surface area contributed by atoms with Crippen molar-refractivity contribution in [2.24, 2.45) is 0 Å². The molecule has 0 radical (unpaired) electrons. The van der Waals surface area contributed by atoms with Gasteiger partial charge in [-0.15, -0.1) is 0 Å². The van der Waals surface area contributed by atoms with Crippen LogP contribution in [0, 0.1) is 0 Å². The van der Waals surface area contributed by atoms with Gasteiger partial charge in [-0.05, 0) is 30.3 Å². The highest BCUT2D eigenvalue weighted by atomic mass is 32.2. The van der Waals surface area contributed by atoms with Gasteiger partial charge in [0.05, 0.1) is 5.56 Å². The molecular formula is C13H10N2O4S. The first-order chi connectivity index (χ1) is 9.49. The molecule has 1 aromatic heterocycles. The number of aromatic carboxylic acids is 2. The van der Waals surface area contributed by atoms with Crippen LogP contribution in [0.3, 0.4) is 0 Å². The van der Waals surface area contributed by atoms with Gasteiger partial charge in [0, 0.05) is 21.7 Å². The molecule has 0 aliphatic carbocycles. The summed E-state index contributed by atoms with van der Waals surface area (Å²) in [6.07, 6.45) is 1.39. The Morgan fingerprint density at radius 1 is 1.10 bits per heavy atom. The summed E-state index contributed by atoms with van der Waals surface area (Å²) in [5, 5.41) is 17.9. The number of hydrogen-bond acceptors (Lipinski definition) is 5. The van der Waals surface area contributed by atoms with E-state index in [1.54, 1.807) is 18.2 Å². The second-order valence-corrected chi connectivity index (χ2v) is 4.90. The average Bonchev–Trinajstić information content (AvgIpc) is 2.41. The third kappa shape index (κ3) is 2.89. The van der Waals surface area contributed by atoms with Gasteiger partial charge in [0.15, 0.2) is 5.69 Å². The van der Waals surface area contributed by atoms with Gasteiger partial charge in [0.1, 0.15) is 0 Å². The quantitative estimate of drug-likeness (QED) is 0.740. The Labute approximate surface area is 118 Å². The van der Waals surface area contributed by atoms with Crippen molar-refractivity contribution in [3.05, 3.63) is 47.8 Å². The summed E-state index contributed by atoms with van der Waals surface area (Å²) in [6.45, 7) is 0. The highest BCUT2D eigenvalue weighted by molar-refractivity contribution is 7.99. The number of rotatable bonds is 4. The van der Waals surface area contributed by atoms with Crippen LogP contribution in [0.4, 0.5) is 5.69 Å². The SMILES string of the molecule is Nc1cc(C(=O)O)ccc1Sc1cccnc1C(=O)O. The number of benzene rings is 1. The molecule has 0 aliphatic heterocycles. The number of carbonyl (C=O) groups is 2. The fraction of sp³-hybridized carbons (Fsp3) is 0. The van der Waals surface area contributed by atoms with Crippen LogP contribution < -0.4 is 5.73 Å². The minimum Gasteiger partial charge on any atom is -0.478 e. The number of nitrogen functional groups attached to an aromatic ring is 1. The Bertz CT molecular complexity index is 688. The van der Waals surface area contributed by atoms with Crippen LogP contribution >= 0.6 is 11.8 Å². The van der Waals surface area contributed by atoms with E-state index in [9.17, 15) is 9.59 Å². The summed E-state index contributed by atoms with van der Waals surface area (Å²) in [5.41, 5.74) is 6.06. The second kappa shape index (κ2) is 5.62. The lowest BCUT2D eigenvalue weighted by Crippen LogP contribution is -2.02. The fourth-order valence-electron chi connectivity index (χ4n) is 1.53. The maximum absolute atomic E-state index is 11.1. The Morgan fingerprint density at radius 3 is 2.45 bits per heavy atom. The van der Waals surface area contributed by atoms with E-state index < -0.39 is 11.9 Å². The van der Waals surface area contributed by atoms with Crippen LogP contribution in [0.2, 0.25) is 0 Å². The number of carboxylic acid groups (broad SMARTS) is 2. The van der Waals surface area contributed by atoms with Gasteiger partial charge in [-0.1, -0.05) is 11.8 Å². The molecule has 2 aromatic rings. The summed E-state index contributed by atoms with van der Waals surface area (Å²) in [4.78, 5) is 26.7. The molecule has 0 fully saturated rings. The first-order valence-corrected chi connectivity index (χ1v) is 6.29. The molecule has 0 aliphatic rings. The van der Waals surface area contributed by atoms with E-state index in [4.69, 9.17) is 15.9 Å². The Morgan fingerprint density at radius 2 is 1.85 bits per heavy atom. The molecule has 1 heterocycles. The van der Waals surface area contributed by atoms with E-state index in [0.29, 0.717) is 9.79 Å². The summed E-state index contributed by atoms with van der Waals surface area (Å²) in [7, 11) is 0. The normalized spacial score (nSPS) is 10.2. The van der Waals surface area contributed by atoms with Gasteiger partial charge >= 0.3 is 11.9 Å². The zero-order valence-corrected chi connectivity index (χ0v) is 10.9. The van der Waals surface area contributed by atoms with E-state index in [2.05, 4.69) is 4.98 Å². The standard InChI is InChI=1S/C13H10N2O4S/c14-8-6-7(12(16)17)3-4-9(8)20-10-2-1-5-15-11(10)13(18)19/h1-6H,14H2,(H,16,17)(H,18,19). The molecule has 6 nitrogen and oxygen atoms in total. The monoisotopic (exact) mass is 290 g/mol. The van der Waals surface area contributed by atoms with Crippen molar-refractivity contribution in [2.75, 3.05) is 5.73 Å². The summed E-state index contributed by atoms with van der Waals surface area (Å²) >= 11 is 1.13. The van der Waals surface area contributed by atoms with Crippen molar-refractivity contribution in [2.45, 2.75) is 9.79 Å². The van der Waals surface area contributed by atoms with Gasteiger partial charge in [0.2, 0.25) is 0 Å². The van der Waals surface area contributed by atoms with Gasteiger partial charge in [0.25, 0.3) is 0 Å². The molecule has 20 heavy (non-hydrogen) atoms. The summed E-state index contributed by atoms with van der Waals surface area (Å²) < 4.78 is 0. The zero-order chi connectivity index (χ0) is 14.7. The number of aromatic nitrogens is 1. The topological polar surface area (TPSA) is 114 Å². The maximum atomic E-state index is 11.1. The Hall–Kier alpha value is -2.54. The predicted octanol–water partition coefficient (Wildman–Crippen LogP) is 2.21. The lowest BCUT2D eigenvalue weighted by atomic mass is 10.2. The smallest absolute Gasteiger partial charge is 0.355 e. The third-order valence-corrected chi connectivity index (χ3v) is 3.59. The molecule has 2 rings (SSSR count). The van der Waals surface area contributed by atoms with Crippen LogP contribution in [0.15, 0.2) is 46.3 Å². The molecule has 0 amide bonds. The van der Waals surface area contributed by atoms with Crippen molar-refractivity contribution in [1.29, 1.82) is 0 Å². The van der Waals surface area contributed by atoms with E-state index in [1.807, 2.05) is 0 Å². The molecule has 4 N–H and O–H groups in total. The Balaban J connectivity index is 2.36. The van der Waals surface area contributed by atoms with Crippen molar-refractivity contribution < 1.29 is 19.8 Å². The highest BCUT2D eigenvalue weighted by Crippen LogP contribution is 2.33. The van der Waals surface area contributed by atoms with Crippen LogP contribution in [-0.4, -0.2) is 27.1 Å². The first-order valence-electron chi connectivity index (χ1n) is 5.48.